The van der Waals surface area contributed by atoms with Gasteiger partial charge in [-0.2, -0.15) is 15.1 Å². The molecule has 0 bridgehead atoms. The van der Waals surface area contributed by atoms with Gasteiger partial charge in [-0.25, -0.2) is 14.4 Å². The zero-order chi connectivity index (χ0) is 25.3. The Hall–Kier alpha value is -3.93. The summed E-state index contributed by atoms with van der Waals surface area (Å²) in [4.78, 5) is 29.1. The lowest BCUT2D eigenvalue weighted by Gasteiger charge is -2.16. The summed E-state index contributed by atoms with van der Waals surface area (Å²) >= 11 is 6.33. The predicted molar refractivity (Wildman–Crippen MR) is 126 cm³/mol. The number of aromatic nitrogens is 7. The number of benzene rings is 1. The van der Waals surface area contributed by atoms with Crippen molar-refractivity contribution in [2.75, 3.05) is 5.32 Å². The molecule has 4 rings (SSSR count). The molecule has 3 heterocycles. The van der Waals surface area contributed by atoms with Gasteiger partial charge in [0.1, 0.15) is 6.33 Å². The lowest BCUT2D eigenvalue weighted by Crippen LogP contribution is -2.28. The molecule has 11 nitrogen and oxygen atoms in total. The van der Waals surface area contributed by atoms with E-state index in [1.807, 2.05) is 20.8 Å². The smallest absolute Gasteiger partial charge is 0.293 e. The maximum absolute atomic E-state index is 15.2. The van der Waals surface area contributed by atoms with Crippen molar-refractivity contribution in [2.24, 2.45) is 7.05 Å². The largest absolute Gasteiger partial charge is 0.343 e. The molecule has 0 aliphatic carbocycles. The summed E-state index contributed by atoms with van der Waals surface area (Å²) in [6.07, 6.45) is 3.01. The molecule has 0 aliphatic heterocycles. The molecule has 0 aliphatic rings. The second-order valence-electron chi connectivity index (χ2n) is 8.83. The van der Waals surface area contributed by atoms with Gasteiger partial charge < -0.3 is 15.2 Å². The maximum Gasteiger partial charge on any atom is 0.293 e. The van der Waals surface area contributed by atoms with E-state index >= 15 is 4.39 Å². The van der Waals surface area contributed by atoms with Crippen molar-refractivity contribution in [3.63, 3.8) is 0 Å². The summed E-state index contributed by atoms with van der Waals surface area (Å²) < 4.78 is 22.0. The summed E-state index contributed by atoms with van der Waals surface area (Å²) in [6, 6.07) is 4.18. The van der Waals surface area contributed by atoms with E-state index in [-0.39, 0.29) is 28.2 Å². The first-order valence-electron chi connectivity index (χ1n) is 10.6. The number of hydrogen-bond donors (Lipinski definition) is 2. The third-order valence-corrected chi connectivity index (χ3v) is 5.35. The lowest BCUT2D eigenvalue weighted by molar-refractivity contribution is 0.0926. The van der Waals surface area contributed by atoms with Gasteiger partial charge >= 0.3 is 0 Å². The van der Waals surface area contributed by atoms with E-state index in [2.05, 4.69) is 40.8 Å². The number of amides is 1. The van der Waals surface area contributed by atoms with Gasteiger partial charge in [-0.15, -0.1) is 0 Å². The van der Waals surface area contributed by atoms with Crippen molar-refractivity contribution in [1.29, 1.82) is 0 Å². The minimum absolute atomic E-state index is 0.0803. The van der Waals surface area contributed by atoms with Crippen LogP contribution < -0.4 is 10.6 Å². The number of rotatable bonds is 6. The molecule has 0 saturated heterocycles. The summed E-state index contributed by atoms with van der Waals surface area (Å²) in [7, 11) is 1.78. The Morgan fingerprint density at radius 1 is 1.20 bits per heavy atom. The summed E-state index contributed by atoms with van der Waals surface area (Å²) in [5.41, 5.74) is 0.0416. The van der Waals surface area contributed by atoms with Gasteiger partial charge in [0.05, 0.1) is 16.6 Å². The summed E-state index contributed by atoms with van der Waals surface area (Å²) in [5, 5.41) is 13.4. The highest BCUT2D eigenvalue weighted by Gasteiger charge is 2.26. The van der Waals surface area contributed by atoms with Crippen LogP contribution in [0.2, 0.25) is 5.02 Å². The molecule has 0 radical (unpaired) electrons. The first-order valence-corrected chi connectivity index (χ1v) is 11.0. The van der Waals surface area contributed by atoms with Crippen LogP contribution in [0.25, 0.3) is 11.4 Å². The molecular formula is C22H23ClFN9O2. The number of hydrogen-bond acceptors (Lipinski definition) is 9. The Bertz CT molecular complexity index is 1380. The summed E-state index contributed by atoms with van der Waals surface area (Å²) in [6.45, 7) is 7.33. The monoisotopic (exact) mass is 499 g/mol. The molecule has 0 spiro atoms. The third-order valence-electron chi connectivity index (χ3n) is 4.96. The van der Waals surface area contributed by atoms with Crippen LogP contribution in [0.3, 0.4) is 0 Å². The lowest BCUT2D eigenvalue weighted by atomic mass is 9.97. The highest BCUT2D eigenvalue weighted by molar-refractivity contribution is 6.32. The van der Waals surface area contributed by atoms with Crippen molar-refractivity contribution in [3.8, 4) is 11.4 Å². The molecule has 0 unspecified atom stereocenters. The number of nitrogens with one attached hydrogen (secondary N) is 2. The molecular weight excluding hydrogens is 477 g/mol. The van der Waals surface area contributed by atoms with Crippen LogP contribution in [0.4, 0.5) is 16.2 Å². The number of carbonyl (C=O) groups excluding carboxylic acids is 1. The van der Waals surface area contributed by atoms with Crippen molar-refractivity contribution in [1.82, 2.24) is 40.2 Å². The highest BCUT2D eigenvalue weighted by atomic mass is 35.5. The minimum atomic E-state index is -0.727. The van der Waals surface area contributed by atoms with E-state index in [4.69, 9.17) is 16.1 Å². The van der Waals surface area contributed by atoms with Crippen LogP contribution in [0.5, 0.6) is 0 Å². The first-order chi connectivity index (χ1) is 16.5. The standard InChI is InChI=1S/C22H23ClFN9O2/c1-11(27-19(34)18-29-20(35-32-18)22(2,3)4)12-6-7-13(16(24)15(12)23)17-25-10-26-21(30-17)28-14-8-9-33(5)31-14/h6-11H,1-5H3,(H,27,34)(H,25,26,28,30,31)/t11-/m1/s1. The highest BCUT2D eigenvalue weighted by Crippen LogP contribution is 2.32. The molecule has 0 fully saturated rings. The molecule has 0 saturated carbocycles. The quantitative estimate of drug-likeness (QED) is 0.403. The Balaban J connectivity index is 1.53. The molecule has 3 aromatic heterocycles. The second-order valence-corrected chi connectivity index (χ2v) is 9.21. The molecule has 13 heteroatoms. The van der Waals surface area contributed by atoms with Crippen LogP contribution in [0.15, 0.2) is 35.2 Å². The Kier molecular flexibility index (Phi) is 6.48. The first kappa shape index (κ1) is 24.2. The minimum Gasteiger partial charge on any atom is -0.343 e. The van der Waals surface area contributed by atoms with E-state index in [9.17, 15) is 4.79 Å². The van der Waals surface area contributed by atoms with Crippen molar-refractivity contribution < 1.29 is 13.7 Å². The van der Waals surface area contributed by atoms with Crippen molar-refractivity contribution >= 4 is 29.3 Å². The number of aryl methyl sites for hydroxylation is 1. The van der Waals surface area contributed by atoms with E-state index in [1.54, 1.807) is 37.0 Å². The molecule has 2 N–H and O–H groups in total. The number of anilines is 2. The fraction of sp³-hybridized carbons (Fsp3) is 0.318. The van der Waals surface area contributed by atoms with Gasteiger partial charge in [0.25, 0.3) is 11.7 Å². The van der Waals surface area contributed by atoms with Gasteiger partial charge in [-0.1, -0.05) is 43.6 Å². The Morgan fingerprint density at radius 2 is 1.97 bits per heavy atom. The maximum atomic E-state index is 15.2. The molecule has 182 valence electrons. The average molecular weight is 500 g/mol. The number of nitrogens with zero attached hydrogens (tertiary/aromatic N) is 7. The van der Waals surface area contributed by atoms with Gasteiger partial charge in [-0.05, 0) is 18.6 Å². The third kappa shape index (κ3) is 5.27. The molecule has 1 aromatic carbocycles. The zero-order valence-electron chi connectivity index (χ0n) is 19.7. The Morgan fingerprint density at radius 3 is 2.63 bits per heavy atom. The fourth-order valence-corrected chi connectivity index (χ4v) is 3.44. The van der Waals surface area contributed by atoms with E-state index < -0.39 is 23.2 Å². The van der Waals surface area contributed by atoms with E-state index in [0.29, 0.717) is 17.3 Å². The van der Waals surface area contributed by atoms with E-state index in [1.165, 1.54) is 12.4 Å². The van der Waals surface area contributed by atoms with Crippen molar-refractivity contribution in [3.05, 3.63) is 58.8 Å². The summed E-state index contributed by atoms with van der Waals surface area (Å²) in [5.74, 6) is -0.272. The molecule has 4 aromatic rings. The van der Waals surface area contributed by atoms with Gasteiger partial charge in [0.2, 0.25) is 11.8 Å². The van der Waals surface area contributed by atoms with Crippen LogP contribution in [0, 0.1) is 5.82 Å². The van der Waals surface area contributed by atoms with Gasteiger partial charge in [0, 0.05) is 24.7 Å². The van der Waals surface area contributed by atoms with Crippen LogP contribution in [0.1, 0.15) is 55.8 Å². The number of halogens is 2. The topological polar surface area (TPSA) is 137 Å². The SMILES string of the molecule is C[C@@H](NC(=O)c1noc(C(C)(C)C)n1)c1ccc(-c2ncnc(Nc3ccn(C)n3)n2)c(F)c1Cl. The average Bonchev–Trinajstić information content (AvgIpc) is 3.45. The molecule has 1 amide bonds. The van der Waals surface area contributed by atoms with Crippen LogP contribution in [-0.4, -0.2) is 40.8 Å². The second kappa shape index (κ2) is 9.37. The number of carbonyl (C=O) groups is 1. The van der Waals surface area contributed by atoms with Gasteiger partial charge in [-0.3, -0.25) is 9.48 Å². The molecule has 35 heavy (non-hydrogen) atoms. The van der Waals surface area contributed by atoms with Crippen LogP contribution >= 0.6 is 11.6 Å². The van der Waals surface area contributed by atoms with Crippen molar-refractivity contribution in [2.45, 2.75) is 39.2 Å². The predicted octanol–water partition coefficient (Wildman–Crippen LogP) is 3.98. The fourth-order valence-electron chi connectivity index (χ4n) is 3.11. The Labute approximate surface area is 205 Å². The zero-order valence-corrected chi connectivity index (χ0v) is 20.4. The molecule has 1 atom stereocenters. The van der Waals surface area contributed by atoms with Gasteiger partial charge in [0.15, 0.2) is 17.5 Å². The normalized spacial score (nSPS) is 12.4. The van der Waals surface area contributed by atoms with E-state index in [0.717, 1.165) is 0 Å². The van der Waals surface area contributed by atoms with Crippen LogP contribution in [-0.2, 0) is 12.5 Å².